The van der Waals surface area contributed by atoms with Crippen molar-refractivity contribution in [2.75, 3.05) is 19.0 Å². The highest BCUT2D eigenvalue weighted by Crippen LogP contribution is 2.27. The van der Waals surface area contributed by atoms with E-state index in [1.807, 2.05) is 0 Å². The minimum absolute atomic E-state index is 0.193. The van der Waals surface area contributed by atoms with Crippen LogP contribution >= 0.6 is 11.6 Å². The number of nitrogens with one attached hydrogen (secondary N) is 1. The summed E-state index contributed by atoms with van der Waals surface area (Å²) in [5.74, 6) is -1.68. The van der Waals surface area contributed by atoms with Crippen molar-refractivity contribution in [2.45, 2.75) is 20.0 Å². The average Bonchev–Trinajstić information content (AvgIpc) is 2.53. The SMILES string of the molecule is CCOC(=O)/C=C/C(=O)OC(C)C(=O)Nc1cc(Cl)ccc1OC. The molecule has 0 fully saturated rings. The minimum atomic E-state index is -1.09. The van der Waals surface area contributed by atoms with E-state index in [-0.39, 0.29) is 6.61 Å². The molecule has 1 amide bonds. The van der Waals surface area contributed by atoms with Crippen molar-refractivity contribution in [1.82, 2.24) is 0 Å². The lowest BCUT2D eigenvalue weighted by molar-refractivity contribution is -0.148. The highest BCUT2D eigenvalue weighted by atomic mass is 35.5. The molecule has 1 rings (SSSR count). The molecular weight excluding hydrogens is 338 g/mol. The van der Waals surface area contributed by atoms with Crippen molar-refractivity contribution in [1.29, 1.82) is 0 Å². The van der Waals surface area contributed by atoms with Crippen LogP contribution in [0.4, 0.5) is 5.69 Å². The molecule has 130 valence electrons. The Morgan fingerprint density at radius 3 is 2.54 bits per heavy atom. The van der Waals surface area contributed by atoms with Gasteiger partial charge in [0.2, 0.25) is 0 Å². The van der Waals surface area contributed by atoms with Gasteiger partial charge in [-0.25, -0.2) is 9.59 Å². The van der Waals surface area contributed by atoms with Gasteiger partial charge in [0.15, 0.2) is 6.10 Å². The maximum atomic E-state index is 12.1. The Balaban J connectivity index is 2.64. The molecule has 0 radical (unpaired) electrons. The van der Waals surface area contributed by atoms with Crippen molar-refractivity contribution < 1.29 is 28.6 Å². The zero-order valence-electron chi connectivity index (χ0n) is 13.5. The normalized spacial score (nSPS) is 11.7. The molecule has 24 heavy (non-hydrogen) atoms. The van der Waals surface area contributed by atoms with Gasteiger partial charge in [-0.15, -0.1) is 0 Å². The van der Waals surface area contributed by atoms with Crippen LogP contribution in [-0.2, 0) is 23.9 Å². The summed E-state index contributed by atoms with van der Waals surface area (Å²) in [5.41, 5.74) is 0.347. The first-order chi connectivity index (χ1) is 11.4. The Kier molecular flexibility index (Phi) is 7.77. The van der Waals surface area contributed by atoms with Gasteiger partial charge in [-0.1, -0.05) is 11.6 Å². The van der Waals surface area contributed by atoms with Crippen LogP contribution in [0.25, 0.3) is 0 Å². The molecule has 0 aliphatic rings. The smallest absolute Gasteiger partial charge is 0.331 e. The summed E-state index contributed by atoms with van der Waals surface area (Å²) in [5, 5.41) is 2.96. The standard InChI is InChI=1S/C16H18ClNO6/c1-4-23-14(19)7-8-15(20)24-10(2)16(21)18-12-9-11(17)5-6-13(12)22-3/h5-10H,4H2,1-3H3,(H,18,21)/b8-7+. The molecule has 0 aliphatic carbocycles. The number of rotatable bonds is 7. The largest absolute Gasteiger partial charge is 0.495 e. The quantitative estimate of drug-likeness (QED) is 0.596. The van der Waals surface area contributed by atoms with E-state index in [1.165, 1.54) is 20.1 Å². The lowest BCUT2D eigenvalue weighted by Crippen LogP contribution is -2.29. The Morgan fingerprint density at radius 2 is 1.92 bits per heavy atom. The fourth-order valence-corrected chi connectivity index (χ4v) is 1.78. The molecule has 1 aromatic carbocycles. The Hall–Kier alpha value is -2.54. The van der Waals surface area contributed by atoms with Gasteiger partial charge in [0.1, 0.15) is 5.75 Å². The van der Waals surface area contributed by atoms with E-state index in [2.05, 4.69) is 10.1 Å². The number of anilines is 1. The number of carbonyl (C=O) groups excluding carboxylic acids is 3. The zero-order chi connectivity index (χ0) is 18.1. The highest BCUT2D eigenvalue weighted by molar-refractivity contribution is 6.31. The molecule has 0 heterocycles. The third kappa shape index (κ3) is 6.29. The maximum absolute atomic E-state index is 12.1. The molecule has 0 aromatic heterocycles. The van der Waals surface area contributed by atoms with E-state index in [0.717, 1.165) is 12.2 Å². The maximum Gasteiger partial charge on any atom is 0.331 e. The van der Waals surface area contributed by atoms with Crippen LogP contribution in [0, 0.1) is 0 Å². The number of methoxy groups -OCH3 is 1. The van der Waals surface area contributed by atoms with Crippen molar-refractivity contribution >= 4 is 35.1 Å². The Morgan fingerprint density at radius 1 is 1.25 bits per heavy atom. The van der Waals surface area contributed by atoms with E-state index < -0.39 is 23.9 Å². The van der Waals surface area contributed by atoms with Crippen LogP contribution in [0.3, 0.4) is 0 Å². The van der Waals surface area contributed by atoms with E-state index >= 15 is 0 Å². The number of amides is 1. The topological polar surface area (TPSA) is 90.9 Å². The van der Waals surface area contributed by atoms with Crippen LogP contribution < -0.4 is 10.1 Å². The predicted octanol–water partition coefficient (Wildman–Crippen LogP) is 2.34. The molecular formula is C16H18ClNO6. The molecule has 0 aliphatic heterocycles. The molecule has 7 nitrogen and oxygen atoms in total. The van der Waals surface area contributed by atoms with Crippen LogP contribution in [0.1, 0.15) is 13.8 Å². The predicted molar refractivity (Wildman–Crippen MR) is 88.0 cm³/mol. The second kappa shape index (κ2) is 9.57. The third-order valence-electron chi connectivity index (χ3n) is 2.72. The fourth-order valence-electron chi connectivity index (χ4n) is 1.61. The number of benzene rings is 1. The number of halogens is 1. The molecule has 0 saturated carbocycles. The Labute approximate surface area is 144 Å². The summed E-state index contributed by atoms with van der Waals surface area (Å²) < 4.78 is 14.6. The van der Waals surface area contributed by atoms with Gasteiger partial charge < -0.3 is 19.5 Å². The van der Waals surface area contributed by atoms with E-state index in [1.54, 1.807) is 19.1 Å². The van der Waals surface area contributed by atoms with Crippen molar-refractivity contribution in [3.63, 3.8) is 0 Å². The van der Waals surface area contributed by atoms with Gasteiger partial charge in [0.25, 0.3) is 5.91 Å². The highest BCUT2D eigenvalue weighted by Gasteiger charge is 2.18. The summed E-state index contributed by atoms with van der Waals surface area (Å²) in [6, 6.07) is 4.71. The number of esters is 2. The summed E-state index contributed by atoms with van der Waals surface area (Å²) >= 11 is 5.87. The van der Waals surface area contributed by atoms with Gasteiger partial charge in [0.05, 0.1) is 19.4 Å². The molecule has 1 unspecified atom stereocenters. The zero-order valence-corrected chi connectivity index (χ0v) is 14.3. The second-order valence-electron chi connectivity index (χ2n) is 4.50. The molecule has 8 heteroatoms. The average molecular weight is 356 g/mol. The summed E-state index contributed by atoms with van der Waals surface area (Å²) in [6.07, 6.45) is 0.728. The van der Waals surface area contributed by atoms with Gasteiger partial charge in [0, 0.05) is 17.2 Å². The van der Waals surface area contributed by atoms with Crippen molar-refractivity contribution in [3.8, 4) is 5.75 Å². The number of carbonyl (C=O) groups is 3. The lowest BCUT2D eigenvalue weighted by atomic mass is 10.2. The first-order valence-corrected chi connectivity index (χ1v) is 7.45. The van der Waals surface area contributed by atoms with Crippen LogP contribution in [0.5, 0.6) is 5.75 Å². The van der Waals surface area contributed by atoms with Crippen LogP contribution in [0.15, 0.2) is 30.4 Å². The van der Waals surface area contributed by atoms with Gasteiger partial charge in [-0.05, 0) is 32.0 Å². The molecule has 1 aromatic rings. The van der Waals surface area contributed by atoms with Crippen molar-refractivity contribution in [3.05, 3.63) is 35.4 Å². The monoisotopic (exact) mass is 355 g/mol. The first kappa shape index (κ1) is 19.5. The first-order valence-electron chi connectivity index (χ1n) is 7.07. The van der Waals surface area contributed by atoms with Gasteiger partial charge in [-0.3, -0.25) is 4.79 Å². The number of hydrogen-bond acceptors (Lipinski definition) is 6. The fraction of sp³-hybridized carbons (Fsp3) is 0.312. The van der Waals surface area contributed by atoms with Crippen LogP contribution in [0.2, 0.25) is 5.02 Å². The van der Waals surface area contributed by atoms with Crippen LogP contribution in [-0.4, -0.2) is 37.7 Å². The van der Waals surface area contributed by atoms with Gasteiger partial charge in [-0.2, -0.15) is 0 Å². The van der Waals surface area contributed by atoms with Crippen molar-refractivity contribution in [2.24, 2.45) is 0 Å². The summed E-state index contributed by atoms with van der Waals surface area (Å²) in [4.78, 5) is 34.7. The van der Waals surface area contributed by atoms with Gasteiger partial charge >= 0.3 is 11.9 Å². The third-order valence-corrected chi connectivity index (χ3v) is 2.96. The Bertz CT molecular complexity index is 643. The van der Waals surface area contributed by atoms with E-state index in [9.17, 15) is 14.4 Å². The molecule has 1 atom stereocenters. The molecule has 0 spiro atoms. The summed E-state index contributed by atoms with van der Waals surface area (Å²) in [7, 11) is 1.45. The lowest BCUT2D eigenvalue weighted by Gasteiger charge is -2.14. The van der Waals surface area contributed by atoms with E-state index in [0.29, 0.717) is 16.5 Å². The molecule has 1 N–H and O–H groups in total. The number of hydrogen-bond donors (Lipinski definition) is 1. The minimum Gasteiger partial charge on any atom is -0.495 e. The number of ether oxygens (including phenoxy) is 3. The summed E-state index contributed by atoms with van der Waals surface area (Å²) in [6.45, 7) is 3.22. The molecule has 0 bridgehead atoms. The van der Waals surface area contributed by atoms with E-state index in [4.69, 9.17) is 21.1 Å². The second-order valence-corrected chi connectivity index (χ2v) is 4.93. The molecule has 0 saturated heterocycles.